The number of anilines is 1. The van der Waals surface area contributed by atoms with Gasteiger partial charge in [-0.1, -0.05) is 17.3 Å². The zero-order valence-corrected chi connectivity index (χ0v) is 8.16. The first kappa shape index (κ1) is 9.58. The van der Waals surface area contributed by atoms with E-state index in [0.29, 0.717) is 0 Å². The number of oxime groups is 1. The number of rotatable bonds is 2. The maximum Gasteiger partial charge on any atom is 0.106 e. The summed E-state index contributed by atoms with van der Waals surface area (Å²) in [5, 5.41) is 3.86. The van der Waals surface area contributed by atoms with E-state index in [4.69, 9.17) is 10.6 Å². The van der Waals surface area contributed by atoms with E-state index in [9.17, 15) is 0 Å². The van der Waals surface area contributed by atoms with Crippen LogP contribution in [0.5, 0.6) is 0 Å². The van der Waals surface area contributed by atoms with Crippen molar-refractivity contribution in [1.82, 2.24) is 0 Å². The van der Waals surface area contributed by atoms with Gasteiger partial charge >= 0.3 is 0 Å². The Bertz CT molecular complexity index is 332. The second kappa shape index (κ2) is 3.94. The summed E-state index contributed by atoms with van der Waals surface area (Å²) < 4.78 is 0. The zero-order valence-electron chi connectivity index (χ0n) is 8.16. The zero-order chi connectivity index (χ0) is 9.84. The predicted molar refractivity (Wildman–Crippen MR) is 54.8 cm³/mol. The Morgan fingerprint density at radius 3 is 2.77 bits per heavy atom. The van der Waals surface area contributed by atoms with E-state index in [-0.39, 0.29) is 0 Å². The van der Waals surface area contributed by atoms with Gasteiger partial charge in [0.15, 0.2) is 0 Å². The molecule has 1 aromatic carbocycles. The molecule has 0 bridgehead atoms. The lowest BCUT2D eigenvalue weighted by molar-refractivity contribution is 0.213. The van der Waals surface area contributed by atoms with E-state index in [2.05, 4.69) is 5.16 Å². The fourth-order valence-corrected chi connectivity index (χ4v) is 1.23. The summed E-state index contributed by atoms with van der Waals surface area (Å²) in [5.41, 5.74) is 9.45. The fourth-order valence-electron chi connectivity index (χ4n) is 1.23. The van der Waals surface area contributed by atoms with E-state index < -0.39 is 0 Å². The van der Waals surface area contributed by atoms with Gasteiger partial charge in [-0.15, -0.1) is 0 Å². The van der Waals surface area contributed by atoms with Crippen molar-refractivity contribution in [2.75, 3.05) is 12.8 Å². The van der Waals surface area contributed by atoms with Crippen LogP contribution in [0.15, 0.2) is 23.4 Å². The largest absolute Gasteiger partial charge is 0.399 e. The molecule has 0 radical (unpaired) electrons. The third kappa shape index (κ3) is 1.99. The minimum Gasteiger partial charge on any atom is -0.399 e. The molecule has 0 aliphatic rings. The molecule has 0 aliphatic carbocycles. The van der Waals surface area contributed by atoms with Crippen LogP contribution in [0.25, 0.3) is 0 Å². The van der Waals surface area contributed by atoms with Crippen LogP contribution in [0.3, 0.4) is 0 Å². The first-order chi connectivity index (χ1) is 6.16. The molecule has 3 nitrogen and oxygen atoms in total. The van der Waals surface area contributed by atoms with Crippen LogP contribution < -0.4 is 5.73 Å². The highest BCUT2D eigenvalue weighted by Gasteiger charge is 2.03. The van der Waals surface area contributed by atoms with Gasteiger partial charge in [-0.25, -0.2) is 0 Å². The van der Waals surface area contributed by atoms with Gasteiger partial charge in [0.2, 0.25) is 0 Å². The maximum absolute atomic E-state index is 5.76. The van der Waals surface area contributed by atoms with Gasteiger partial charge in [-0.05, 0) is 25.5 Å². The number of nitrogens with zero attached hydrogens (tertiary/aromatic N) is 1. The quantitative estimate of drug-likeness (QED) is 0.427. The Morgan fingerprint density at radius 2 is 2.15 bits per heavy atom. The molecule has 0 saturated heterocycles. The molecule has 0 amide bonds. The molecule has 3 heteroatoms. The first-order valence-electron chi connectivity index (χ1n) is 4.10. The number of hydrogen-bond acceptors (Lipinski definition) is 3. The fraction of sp³-hybridized carbons (Fsp3) is 0.300. The molecule has 0 aromatic heterocycles. The Morgan fingerprint density at radius 1 is 1.46 bits per heavy atom. The average Bonchev–Trinajstić information content (AvgIpc) is 2.10. The topological polar surface area (TPSA) is 47.6 Å². The third-order valence-corrected chi connectivity index (χ3v) is 1.99. The Labute approximate surface area is 78.2 Å². The molecule has 0 aliphatic heterocycles. The summed E-state index contributed by atoms with van der Waals surface area (Å²) in [4.78, 5) is 4.70. The van der Waals surface area contributed by atoms with Crippen LogP contribution in [-0.4, -0.2) is 12.8 Å². The highest BCUT2D eigenvalue weighted by molar-refractivity contribution is 6.00. The van der Waals surface area contributed by atoms with Crippen molar-refractivity contribution in [2.45, 2.75) is 13.8 Å². The highest BCUT2D eigenvalue weighted by Crippen LogP contribution is 2.16. The summed E-state index contributed by atoms with van der Waals surface area (Å²) in [7, 11) is 1.53. The lowest BCUT2D eigenvalue weighted by atomic mass is 10.0. The summed E-state index contributed by atoms with van der Waals surface area (Å²) in [6.07, 6.45) is 0. The number of hydrogen-bond donors (Lipinski definition) is 1. The normalized spacial score (nSPS) is 11.5. The standard InChI is InChI=1S/C10H14N2O/c1-7-9(8(2)12-13-3)5-4-6-10(7)11/h4-6H,11H2,1-3H3/b12-8-. The van der Waals surface area contributed by atoms with Crippen molar-refractivity contribution in [3.8, 4) is 0 Å². The predicted octanol–water partition coefficient (Wildman–Crippen LogP) is 1.95. The molecule has 1 aromatic rings. The minimum absolute atomic E-state index is 0.781. The van der Waals surface area contributed by atoms with Crippen molar-refractivity contribution in [1.29, 1.82) is 0 Å². The highest BCUT2D eigenvalue weighted by atomic mass is 16.6. The van der Waals surface area contributed by atoms with Crippen LogP contribution in [0.2, 0.25) is 0 Å². The van der Waals surface area contributed by atoms with Crippen LogP contribution in [0.1, 0.15) is 18.1 Å². The molecule has 1 rings (SSSR count). The van der Waals surface area contributed by atoms with Crippen molar-refractivity contribution in [3.05, 3.63) is 29.3 Å². The smallest absolute Gasteiger partial charge is 0.106 e. The molecule has 0 atom stereocenters. The number of nitrogens with two attached hydrogens (primary N) is 1. The van der Waals surface area contributed by atoms with Gasteiger partial charge in [0, 0.05) is 11.3 Å². The second-order valence-corrected chi connectivity index (χ2v) is 2.88. The van der Waals surface area contributed by atoms with E-state index in [1.165, 1.54) is 7.11 Å². The van der Waals surface area contributed by atoms with Crippen LogP contribution >= 0.6 is 0 Å². The molecular weight excluding hydrogens is 164 g/mol. The van der Waals surface area contributed by atoms with Crippen LogP contribution in [0, 0.1) is 6.92 Å². The molecule has 0 saturated carbocycles. The molecule has 0 spiro atoms. The second-order valence-electron chi connectivity index (χ2n) is 2.88. The number of benzene rings is 1. The minimum atomic E-state index is 0.781. The summed E-state index contributed by atoms with van der Waals surface area (Å²) in [5.74, 6) is 0. The van der Waals surface area contributed by atoms with Gasteiger partial charge in [0.1, 0.15) is 7.11 Å². The number of nitrogen functional groups attached to an aromatic ring is 1. The molecule has 0 fully saturated rings. The van der Waals surface area contributed by atoms with Crippen molar-refractivity contribution >= 4 is 11.4 Å². The third-order valence-electron chi connectivity index (χ3n) is 1.99. The molecule has 70 valence electrons. The summed E-state index contributed by atoms with van der Waals surface area (Å²) >= 11 is 0. The van der Waals surface area contributed by atoms with Crippen molar-refractivity contribution < 1.29 is 4.84 Å². The summed E-state index contributed by atoms with van der Waals surface area (Å²) in [6.45, 7) is 3.87. The van der Waals surface area contributed by atoms with Gasteiger partial charge < -0.3 is 10.6 Å². The molecule has 0 unspecified atom stereocenters. The van der Waals surface area contributed by atoms with E-state index >= 15 is 0 Å². The van der Waals surface area contributed by atoms with Gasteiger partial charge in [-0.2, -0.15) is 0 Å². The monoisotopic (exact) mass is 178 g/mol. The Balaban J connectivity index is 3.15. The van der Waals surface area contributed by atoms with Gasteiger partial charge in [0.05, 0.1) is 5.71 Å². The van der Waals surface area contributed by atoms with Crippen molar-refractivity contribution in [2.24, 2.45) is 5.16 Å². The average molecular weight is 178 g/mol. The molecule has 2 N–H and O–H groups in total. The van der Waals surface area contributed by atoms with Crippen molar-refractivity contribution in [3.63, 3.8) is 0 Å². The Hall–Kier alpha value is -1.51. The van der Waals surface area contributed by atoms with Gasteiger partial charge in [-0.3, -0.25) is 0 Å². The van der Waals surface area contributed by atoms with Crippen LogP contribution in [-0.2, 0) is 4.84 Å². The maximum atomic E-state index is 5.76. The van der Waals surface area contributed by atoms with E-state index in [1.807, 2.05) is 32.0 Å². The SMILES string of the molecule is CO/N=C(/C)c1cccc(N)c1C. The van der Waals surface area contributed by atoms with Gasteiger partial charge in [0.25, 0.3) is 0 Å². The summed E-state index contributed by atoms with van der Waals surface area (Å²) in [6, 6.07) is 5.76. The molecule has 13 heavy (non-hydrogen) atoms. The van der Waals surface area contributed by atoms with Crippen LogP contribution in [0.4, 0.5) is 5.69 Å². The van der Waals surface area contributed by atoms with E-state index in [1.54, 1.807) is 0 Å². The molecule has 0 heterocycles. The lowest BCUT2D eigenvalue weighted by Gasteiger charge is -2.06. The first-order valence-corrected chi connectivity index (χ1v) is 4.10. The Kier molecular flexibility index (Phi) is 2.90. The van der Waals surface area contributed by atoms with E-state index in [0.717, 1.165) is 22.5 Å². The molecular formula is C10H14N2O. The lowest BCUT2D eigenvalue weighted by Crippen LogP contribution is -2.01.